The average Bonchev–Trinajstić information content (AvgIpc) is 2.57. The first-order valence-corrected chi connectivity index (χ1v) is 7.47. The molecule has 2 heterocycles. The average molecular weight is 295 g/mol. The third kappa shape index (κ3) is 3.58. The standard InChI is InChI=1S/C18H18FN3/c19-9-2-1-3-14-4-7-18(21-12-14)22-17-6-5-16-13-20-10-8-15(16)11-17/h4-8,10-13H,1-3,9H2,(H,21,22). The van der Waals surface area contributed by atoms with Gasteiger partial charge in [-0.1, -0.05) is 12.1 Å². The van der Waals surface area contributed by atoms with Crippen LogP contribution >= 0.6 is 0 Å². The van der Waals surface area contributed by atoms with Gasteiger partial charge in [-0.15, -0.1) is 0 Å². The second kappa shape index (κ2) is 6.98. The Kier molecular flexibility index (Phi) is 4.59. The number of aromatic nitrogens is 2. The molecule has 3 nitrogen and oxygen atoms in total. The largest absolute Gasteiger partial charge is 0.340 e. The number of rotatable bonds is 6. The molecule has 0 saturated heterocycles. The van der Waals surface area contributed by atoms with Crippen molar-refractivity contribution in [2.45, 2.75) is 19.3 Å². The fourth-order valence-electron chi connectivity index (χ4n) is 2.38. The molecule has 1 N–H and O–H groups in total. The highest BCUT2D eigenvalue weighted by Gasteiger charge is 2.00. The van der Waals surface area contributed by atoms with Crippen LogP contribution in [0.5, 0.6) is 0 Å². The third-order valence-corrected chi connectivity index (χ3v) is 3.59. The molecule has 0 saturated carbocycles. The monoisotopic (exact) mass is 295 g/mol. The van der Waals surface area contributed by atoms with Crippen LogP contribution in [0.25, 0.3) is 10.8 Å². The number of hydrogen-bond donors (Lipinski definition) is 1. The summed E-state index contributed by atoms with van der Waals surface area (Å²) in [7, 11) is 0. The molecule has 112 valence electrons. The van der Waals surface area contributed by atoms with E-state index in [9.17, 15) is 4.39 Å². The summed E-state index contributed by atoms with van der Waals surface area (Å²) in [6.07, 6.45) is 7.85. The summed E-state index contributed by atoms with van der Waals surface area (Å²) in [5, 5.41) is 5.56. The lowest BCUT2D eigenvalue weighted by Crippen LogP contribution is -1.95. The zero-order valence-electron chi connectivity index (χ0n) is 12.3. The van der Waals surface area contributed by atoms with Crippen molar-refractivity contribution in [2.24, 2.45) is 0 Å². The minimum Gasteiger partial charge on any atom is -0.340 e. The molecule has 0 unspecified atom stereocenters. The number of nitrogens with one attached hydrogen (secondary N) is 1. The molecule has 2 aromatic heterocycles. The highest BCUT2D eigenvalue weighted by atomic mass is 19.1. The summed E-state index contributed by atoms with van der Waals surface area (Å²) < 4.78 is 12.1. The van der Waals surface area contributed by atoms with E-state index in [2.05, 4.69) is 21.4 Å². The fourth-order valence-corrected chi connectivity index (χ4v) is 2.38. The topological polar surface area (TPSA) is 37.8 Å². The third-order valence-electron chi connectivity index (χ3n) is 3.59. The molecular weight excluding hydrogens is 277 g/mol. The number of nitrogens with zero attached hydrogens (tertiary/aromatic N) is 2. The van der Waals surface area contributed by atoms with Crippen LogP contribution in [-0.2, 0) is 6.42 Å². The SMILES string of the molecule is FCCCCc1ccc(Nc2ccc3cnccc3c2)nc1. The number of halogens is 1. The number of benzene rings is 1. The van der Waals surface area contributed by atoms with Crippen molar-refractivity contribution in [3.63, 3.8) is 0 Å². The molecular formula is C18H18FN3. The first-order valence-electron chi connectivity index (χ1n) is 7.47. The van der Waals surface area contributed by atoms with Gasteiger partial charge in [0.05, 0.1) is 6.67 Å². The maximum atomic E-state index is 12.1. The molecule has 0 radical (unpaired) electrons. The maximum absolute atomic E-state index is 12.1. The lowest BCUT2D eigenvalue weighted by atomic mass is 10.1. The molecule has 0 amide bonds. The van der Waals surface area contributed by atoms with Crippen molar-refractivity contribution >= 4 is 22.3 Å². The highest BCUT2D eigenvalue weighted by molar-refractivity contribution is 5.85. The van der Waals surface area contributed by atoms with Gasteiger partial charge in [-0.25, -0.2) is 4.98 Å². The van der Waals surface area contributed by atoms with Crippen LogP contribution < -0.4 is 5.32 Å². The van der Waals surface area contributed by atoms with Crippen LogP contribution in [0.3, 0.4) is 0 Å². The molecule has 1 aromatic carbocycles. The van der Waals surface area contributed by atoms with Crippen molar-refractivity contribution in [2.75, 3.05) is 12.0 Å². The normalized spacial score (nSPS) is 10.8. The number of alkyl halides is 1. The Hall–Kier alpha value is -2.49. The Labute approximate surface area is 129 Å². The minimum absolute atomic E-state index is 0.245. The second-order valence-corrected chi connectivity index (χ2v) is 5.26. The highest BCUT2D eigenvalue weighted by Crippen LogP contribution is 2.21. The first kappa shape index (κ1) is 14.4. The Morgan fingerprint density at radius 2 is 1.91 bits per heavy atom. The van der Waals surface area contributed by atoms with Gasteiger partial charge in [-0.2, -0.15) is 0 Å². The van der Waals surface area contributed by atoms with Gasteiger partial charge in [0.15, 0.2) is 0 Å². The second-order valence-electron chi connectivity index (χ2n) is 5.26. The zero-order chi connectivity index (χ0) is 15.2. The van der Waals surface area contributed by atoms with Crippen LogP contribution in [0.1, 0.15) is 18.4 Å². The summed E-state index contributed by atoms with van der Waals surface area (Å²) in [5.41, 5.74) is 2.14. The molecule has 0 aliphatic rings. The van der Waals surface area contributed by atoms with Gasteiger partial charge in [0.1, 0.15) is 5.82 Å². The van der Waals surface area contributed by atoms with Gasteiger partial charge in [-0.05, 0) is 54.5 Å². The van der Waals surface area contributed by atoms with Gasteiger partial charge >= 0.3 is 0 Å². The fraction of sp³-hybridized carbons (Fsp3) is 0.222. The predicted molar refractivity (Wildman–Crippen MR) is 88.2 cm³/mol. The van der Waals surface area contributed by atoms with E-state index in [0.29, 0.717) is 6.42 Å². The minimum atomic E-state index is -0.245. The van der Waals surface area contributed by atoms with Crippen LogP contribution in [0.4, 0.5) is 15.9 Å². The van der Waals surface area contributed by atoms with Crippen molar-refractivity contribution in [3.05, 3.63) is 60.6 Å². The number of fused-ring (bicyclic) bond motifs is 1. The molecule has 0 aliphatic carbocycles. The number of unbranched alkanes of at least 4 members (excludes halogenated alkanes) is 1. The van der Waals surface area contributed by atoms with Crippen molar-refractivity contribution < 1.29 is 4.39 Å². The van der Waals surface area contributed by atoms with E-state index in [4.69, 9.17) is 0 Å². The van der Waals surface area contributed by atoms with Crippen LogP contribution in [0, 0.1) is 0 Å². The van der Waals surface area contributed by atoms with Crippen molar-refractivity contribution in [1.29, 1.82) is 0 Å². The van der Waals surface area contributed by atoms with Crippen molar-refractivity contribution in [1.82, 2.24) is 9.97 Å². The molecule has 0 fully saturated rings. The molecule has 4 heteroatoms. The summed E-state index contributed by atoms with van der Waals surface area (Å²) in [4.78, 5) is 8.53. The molecule has 0 atom stereocenters. The molecule has 0 bridgehead atoms. The summed E-state index contributed by atoms with van der Waals surface area (Å²) in [5.74, 6) is 0.808. The molecule has 22 heavy (non-hydrogen) atoms. The van der Waals surface area contributed by atoms with Gasteiger partial charge in [-0.3, -0.25) is 9.37 Å². The van der Waals surface area contributed by atoms with E-state index in [0.717, 1.165) is 40.7 Å². The van der Waals surface area contributed by atoms with E-state index in [1.165, 1.54) is 0 Å². The van der Waals surface area contributed by atoms with Gasteiger partial charge in [0, 0.05) is 29.7 Å². The van der Waals surface area contributed by atoms with E-state index >= 15 is 0 Å². The molecule has 3 aromatic rings. The first-order chi connectivity index (χ1) is 10.8. The van der Waals surface area contributed by atoms with Crippen LogP contribution in [-0.4, -0.2) is 16.6 Å². The molecule has 0 aliphatic heterocycles. The zero-order valence-corrected chi connectivity index (χ0v) is 12.3. The quantitative estimate of drug-likeness (QED) is 0.672. The summed E-state index contributed by atoms with van der Waals surface area (Å²) in [6.45, 7) is -0.245. The van der Waals surface area contributed by atoms with Crippen LogP contribution in [0.15, 0.2) is 55.0 Å². The lowest BCUT2D eigenvalue weighted by molar-refractivity contribution is 0.462. The summed E-state index contributed by atoms with van der Waals surface area (Å²) in [6, 6.07) is 12.1. The van der Waals surface area contributed by atoms with Crippen LogP contribution in [0.2, 0.25) is 0 Å². The summed E-state index contributed by atoms with van der Waals surface area (Å²) >= 11 is 0. The lowest BCUT2D eigenvalue weighted by Gasteiger charge is -2.07. The van der Waals surface area contributed by atoms with E-state index < -0.39 is 0 Å². The number of pyridine rings is 2. The number of aryl methyl sites for hydroxylation is 1. The van der Waals surface area contributed by atoms with E-state index in [1.807, 2.05) is 42.7 Å². The smallest absolute Gasteiger partial charge is 0.130 e. The Bertz CT molecular complexity index is 741. The van der Waals surface area contributed by atoms with E-state index in [1.54, 1.807) is 6.20 Å². The Morgan fingerprint density at radius 3 is 2.73 bits per heavy atom. The number of anilines is 2. The van der Waals surface area contributed by atoms with Gasteiger partial charge in [0.2, 0.25) is 0 Å². The molecule has 0 spiro atoms. The Balaban J connectivity index is 1.68. The molecule has 3 rings (SSSR count). The Morgan fingerprint density at radius 1 is 0.955 bits per heavy atom. The number of hydrogen-bond acceptors (Lipinski definition) is 3. The van der Waals surface area contributed by atoms with Gasteiger partial charge < -0.3 is 5.32 Å². The predicted octanol–water partition coefficient (Wildman–Crippen LogP) is 4.67. The van der Waals surface area contributed by atoms with E-state index in [-0.39, 0.29) is 6.67 Å². The van der Waals surface area contributed by atoms with Crippen molar-refractivity contribution in [3.8, 4) is 0 Å². The maximum Gasteiger partial charge on any atom is 0.130 e. The van der Waals surface area contributed by atoms with Gasteiger partial charge in [0.25, 0.3) is 0 Å².